The van der Waals surface area contributed by atoms with Gasteiger partial charge in [-0.2, -0.15) is 8.78 Å². The SMILES string of the molecule is CCCN(CCC)C(=O)C1=Cc2ccc(C(=O)Nc3ccc(N4CCC(C(=O)NCCCC(=O)CCOCCC(=O)Oc5c(F)c(F)cc(F)c5F)CC4)nc3)cc2N=C(N)C1. The summed E-state index contributed by atoms with van der Waals surface area (Å²) < 4.78 is 63.5. The predicted molar refractivity (Wildman–Crippen MR) is 224 cm³/mol. The van der Waals surface area contributed by atoms with E-state index >= 15 is 0 Å². The van der Waals surface area contributed by atoms with Crippen LogP contribution in [0.25, 0.3) is 6.08 Å². The molecule has 1 fully saturated rings. The van der Waals surface area contributed by atoms with Gasteiger partial charge in [-0.1, -0.05) is 19.9 Å². The fourth-order valence-electron chi connectivity index (χ4n) is 6.96. The van der Waals surface area contributed by atoms with Crippen LogP contribution in [0.15, 0.2) is 53.2 Å². The van der Waals surface area contributed by atoms with Gasteiger partial charge in [0.15, 0.2) is 11.6 Å². The topological polar surface area (TPSA) is 186 Å². The lowest BCUT2D eigenvalue weighted by molar-refractivity contribution is -0.136. The number of nitrogens with two attached hydrogens (primary N) is 1. The number of esters is 1. The number of nitrogens with one attached hydrogen (secondary N) is 2. The van der Waals surface area contributed by atoms with Crippen molar-refractivity contribution in [2.24, 2.45) is 16.6 Å². The number of fused-ring (bicyclic) bond motifs is 1. The number of hydrogen-bond donors (Lipinski definition) is 3. The first-order valence-electron chi connectivity index (χ1n) is 20.7. The summed E-state index contributed by atoms with van der Waals surface area (Å²) in [4.78, 5) is 76.3. The molecule has 3 amide bonds. The molecule has 1 aromatic heterocycles. The molecule has 0 unspecified atom stereocenters. The third-order valence-electron chi connectivity index (χ3n) is 10.2. The first-order chi connectivity index (χ1) is 29.8. The van der Waals surface area contributed by atoms with E-state index in [9.17, 15) is 41.5 Å². The average Bonchev–Trinajstić information content (AvgIpc) is 3.43. The number of aromatic nitrogens is 1. The molecule has 2 aliphatic heterocycles. The second-order valence-electron chi connectivity index (χ2n) is 15.0. The Hall–Kier alpha value is -6.17. The van der Waals surface area contributed by atoms with E-state index in [2.05, 4.69) is 30.2 Å². The number of benzene rings is 2. The molecule has 0 aliphatic carbocycles. The van der Waals surface area contributed by atoms with Crippen molar-refractivity contribution in [1.29, 1.82) is 0 Å². The van der Waals surface area contributed by atoms with Crippen LogP contribution >= 0.6 is 0 Å². The minimum atomic E-state index is -1.83. The quantitative estimate of drug-likeness (QED) is 0.0378. The first-order valence-corrected chi connectivity index (χ1v) is 20.7. The molecule has 4 N–H and O–H groups in total. The van der Waals surface area contributed by atoms with Gasteiger partial charge in [-0.25, -0.2) is 18.8 Å². The fraction of sp³-hybridized carbons (Fsp3) is 0.432. The van der Waals surface area contributed by atoms with Crippen LogP contribution in [0.4, 0.5) is 34.8 Å². The fourth-order valence-corrected chi connectivity index (χ4v) is 6.96. The van der Waals surface area contributed by atoms with Crippen LogP contribution in [0.5, 0.6) is 5.75 Å². The number of amides is 3. The number of ketones is 1. The van der Waals surface area contributed by atoms with E-state index in [1.165, 1.54) is 0 Å². The van der Waals surface area contributed by atoms with Gasteiger partial charge in [-0.05, 0) is 62.4 Å². The van der Waals surface area contributed by atoms with Crippen molar-refractivity contribution in [3.05, 3.63) is 82.6 Å². The Morgan fingerprint density at radius 3 is 2.26 bits per heavy atom. The third kappa shape index (κ3) is 12.9. The summed E-state index contributed by atoms with van der Waals surface area (Å²) in [6.45, 7) is 6.58. The van der Waals surface area contributed by atoms with E-state index in [0.717, 1.165) is 12.8 Å². The van der Waals surface area contributed by atoms with Crippen LogP contribution in [0, 0.1) is 29.2 Å². The highest BCUT2D eigenvalue weighted by molar-refractivity contribution is 6.08. The maximum Gasteiger partial charge on any atom is 0.313 e. The molecule has 0 radical (unpaired) electrons. The largest absolute Gasteiger partial charge is 0.420 e. The molecular weight excluding hydrogens is 815 g/mol. The molecule has 0 bridgehead atoms. The second-order valence-corrected chi connectivity index (χ2v) is 15.0. The smallest absolute Gasteiger partial charge is 0.313 e. The number of Topliss-reactive ketones (excluding diaryl/α,β-unsaturated/α-hetero) is 1. The minimum absolute atomic E-state index is 0.00462. The molecule has 3 aromatic rings. The number of pyridine rings is 1. The molecule has 62 heavy (non-hydrogen) atoms. The number of anilines is 2. The number of hydrogen-bond acceptors (Lipinski definition) is 11. The van der Waals surface area contributed by atoms with Crippen molar-refractivity contribution >= 4 is 58.6 Å². The van der Waals surface area contributed by atoms with Crippen LogP contribution in [0.2, 0.25) is 0 Å². The molecular formula is C44H51F4N7O7. The van der Waals surface area contributed by atoms with E-state index in [1.807, 2.05) is 18.7 Å². The molecule has 14 nitrogen and oxygen atoms in total. The molecule has 0 atom stereocenters. The van der Waals surface area contributed by atoms with Gasteiger partial charge in [0, 0.05) is 80.7 Å². The molecule has 2 aliphatic rings. The predicted octanol–water partition coefficient (Wildman–Crippen LogP) is 6.40. The van der Waals surface area contributed by atoms with E-state index in [1.54, 1.807) is 42.6 Å². The number of halogens is 4. The summed E-state index contributed by atoms with van der Waals surface area (Å²) in [5.74, 6) is -9.60. The van der Waals surface area contributed by atoms with E-state index in [0.29, 0.717) is 91.7 Å². The lowest BCUT2D eigenvalue weighted by Crippen LogP contribution is -2.41. The van der Waals surface area contributed by atoms with Gasteiger partial charge in [-0.3, -0.25) is 24.0 Å². The number of carbonyl (C=O) groups is 5. The molecule has 0 saturated carbocycles. The minimum Gasteiger partial charge on any atom is -0.420 e. The number of carbonyl (C=O) groups excluding carboxylic acids is 5. The number of ether oxygens (including phenoxy) is 2. The highest BCUT2D eigenvalue weighted by Gasteiger charge is 2.27. The van der Waals surface area contributed by atoms with Gasteiger partial charge in [-0.15, -0.1) is 0 Å². The van der Waals surface area contributed by atoms with Gasteiger partial charge in [0.2, 0.25) is 29.2 Å². The van der Waals surface area contributed by atoms with Crippen LogP contribution in [-0.4, -0.2) is 91.1 Å². The molecule has 2 aromatic carbocycles. The summed E-state index contributed by atoms with van der Waals surface area (Å²) in [7, 11) is 0. The molecule has 5 rings (SSSR count). The van der Waals surface area contributed by atoms with Crippen molar-refractivity contribution < 1.29 is 51.0 Å². The van der Waals surface area contributed by atoms with Gasteiger partial charge in [0.1, 0.15) is 17.4 Å². The lowest BCUT2D eigenvalue weighted by atomic mass is 9.96. The Bertz CT molecular complexity index is 2140. The molecule has 332 valence electrons. The Balaban J connectivity index is 0.978. The molecule has 18 heteroatoms. The summed E-state index contributed by atoms with van der Waals surface area (Å²) in [5.41, 5.74) is 8.84. The van der Waals surface area contributed by atoms with Crippen molar-refractivity contribution in [3.63, 3.8) is 0 Å². The Kier molecular flexibility index (Phi) is 17.1. The number of aliphatic imine (C=N–C) groups is 1. The van der Waals surface area contributed by atoms with Crippen molar-refractivity contribution in [2.45, 2.75) is 71.6 Å². The summed E-state index contributed by atoms with van der Waals surface area (Å²) in [6.07, 6.45) is 6.63. The van der Waals surface area contributed by atoms with Gasteiger partial charge < -0.3 is 35.6 Å². The molecule has 3 heterocycles. The van der Waals surface area contributed by atoms with Crippen LogP contribution in [0.1, 0.15) is 87.6 Å². The van der Waals surface area contributed by atoms with Crippen molar-refractivity contribution in [2.75, 3.05) is 56.2 Å². The lowest BCUT2D eigenvalue weighted by Gasteiger charge is -2.32. The zero-order valence-electron chi connectivity index (χ0n) is 34.7. The molecule has 0 spiro atoms. The first kappa shape index (κ1) is 46.9. The Morgan fingerprint density at radius 2 is 1.60 bits per heavy atom. The van der Waals surface area contributed by atoms with Crippen molar-refractivity contribution in [1.82, 2.24) is 15.2 Å². The zero-order valence-corrected chi connectivity index (χ0v) is 34.7. The van der Waals surface area contributed by atoms with E-state index < -0.39 is 41.4 Å². The maximum absolute atomic E-state index is 13.7. The number of rotatable bonds is 20. The molecule has 1 saturated heterocycles. The number of amidine groups is 1. The Labute approximate surface area is 356 Å². The van der Waals surface area contributed by atoms with Gasteiger partial charge in [0.05, 0.1) is 37.2 Å². The zero-order chi connectivity index (χ0) is 44.8. The monoisotopic (exact) mass is 865 g/mol. The number of piperidine rings is 1. The standard InChI is InChI=1S/C44H51F4N7O7/c1-3-16-55(17-4-2)44(60)30-22-28-7-8-29(23-35(28)53-36(49)24-30)43(59)52-31-9-10-37(51-26-31)54-18-11-27(12-19-54)42(58)50-15-5-6-32(56)13-20-61-21-14-38(57)62-41-39(47)33(45)25-34(46)40(41)48/h7-10,22-23,25-27H,3-6,11-21,24H2,1-2H3,(H2,49,53)(H,50,58)(H,52,59). The van der Waals surface area contributed by atoms with Gasteiger partial charge in [0.25, 0.3) is 5.91 Å². The normalized spacial score (nSPS) is 13.9. The van der Waals surface area contributed by atoms with E-state index in [-0.39, 0.29) is 68.0 Å². The highest BCUT2D eigenvalue weighted by atomic mass is 19.2. The van der Waals surface area contributed by atoms with E-state index in [4.69, 9.17) is 10.5 Å². The van der Waals surface area contributed by atoms with Crippen LogP contribution < -0.4 is 26.0 Å². The van der Waals surface area contributed by atoms with Gasteiger partial charge >= 0.3 is 5.97 Å². The van der Waals surface area contributed by atoms with Crippen molar-refractivity contribution in [3.8, 4) is 5.75 Å². The average molecular weight is 866 g/mol. The highest BCUT2D eigenvalue weighted by Crippen LogP contribution is 2.30. The Morgan fingerprint density at radius 1 is 0.903 bits per heavy atom. The number of nitrogens with zero attached hydrogens (tertiary/aromatic N) is 4. The van der Waals surface area contributed by atoms with Crippen LogP contribution in [0.3, 0.4) is 0 Å². The summed E-state index contributed by atoms with van der Waals surface area (Å²) in [6, 6.07) is 8.64. The van der Waals surface area contributed by atoms with Crippen LogP contribution in [-0.2, 0) is 23.9 Å². The summed E-state index contributed by atoms with van der Waals surface area (Å²) in [5, 5.41) is 5.75. The maximum atomic E-state index is 13.7. The summed E-state index contributed by atoms with van der Waals surface area (Å²) >= 11 is 0. The third-order valence-corrected chi connectivity index (χ3v) is 10.2. The second kappa shape index (κ2) is 22.6.